The smallest absolute Gasteiger partial charge is 0.238 e. The van der Waals surface area contributed by atoms with Gasteiger partial charge in [-0.05, 0) is 30.3 Å². The first kappa shape index (κ1) is 17.2. The van der Waals surface area contributed by atoms with Crippen LogP contribution in [0.25, 0.3) is 0 Å². The molecule has 5 N–H and O–H groups in total. The van der Waals surface area contributed by atoms with E-state index in [2.05, 4.69) is 25.4 Å². The standard InChI is InChI=1S/C6H8N2O2S.C4H4N2.C2H3N3/c7-5-1-3-6(4-2-5)11(8,9)10;1-2-5-4-6-3-1;1-2-4-5-3-1/h1-4H,7H2,(H2,8,9,10);1-4H;1-2H,(H,3,4,5). The minimum Gasteiger partial charge on any atom is -0.399 e. The van der Waals surface area contributed by atoms with Crippen molar-refractivity contribution >= 4 is 15.7 Å². The van der Waals surface area contributed by atoms with E-state index in [9.17, 15) is 8.42 Å². The van der Waals surface area contributed by atoms with Gasteiger partial charge in [-0.3, -0.25) is 5.10 Å². The summed E-state index contributed by atoms with van der Waals surface area (Å²) in [6.07, 6.45) is 8.11. The molecule has 0 fully saturated rings. The highest BCUT2D eigenvalue weighted by Gasteiger charge is 2.04. The van der Waals surface area contributed by atoms with Crippen LogP contribution in [-0.4, -0.2) is 33.8 Å². The van der Waals surface area contributed by atoms with E-state index >= 15 is 0 Å². The number of aromatic amines is 1. The molecule has 0 saturated carbocycles. The number of hydrogen-bond acceptors (Lipinski definition) is 7. The molecule has 9 nitrogen and oxygen atoms in total. The summed E-state index contributed by atoms with van der Waals surface area (Å²) in [4.78, 5) is 7.42. The van der Waals surface area contributed by atoms with Crippen LogP contribution in [0.3, 0.4) is 0 Å². The van der Waals surface area contributed by atoms with E-state index in [-0.39, 0.29) is 4.90 Å². The molecule has 0 amide bonds. The van der Waals surface area contributed by atoms with Crippen LogP contribution < -0.4 is 10.9 Å². The fourth-order valence-corrected chi connectivity index (χ4v) is 1.59. The SMILES string of the molecule is Nc1ccc(S(N)(=O)=O)cc1.c1c[nH]nn1.c1cncnc1. The summed E-state index contributed by atoms with van der Waals surface area (Å²) in [5.41, 5.74) is 5.85. The Labute approximate surface area is 127 Å². The Hall–Kier alpha value is -2.85. The highest BCUT2D eigenvalue weighted by atomic mass is 32.2. The third-order valence-electron chi connectivity index (χ3n) is 2.02. The molecule has 0 bridgehead atoms. The van der Waals surface area contributed by atoms with E-state index < -0.39 is 10.0 Å². The molecule has 0 atom stereocenters. The second-order valence-corrected chi connectivity index (χ2v) is 5.24. The molecule has 0 aliphatic rings. The average Bonchev–Trinajstić information content (AvgIpc) is 3.09. The van der Waals surface area contributed by atoms with Crippen LogP contribution in [0.1, 0.15) is 0 Å². The number of primary sulfonamides is 1. The van der Waals surface area contributed by atoms with Crippen LogP contribution in [0.5, 0.6) is 0 Å². The van der Waals surface area contributed by atoms with Gasteiger partial charge < -0.3 is 5.73 Å². The summed E-state index contributed by atoms with van der Waals surface area (Å²) in [6, 6.07) is 7.48. The van der Waals surface area contributed by atoms with Gasteiger partial charge in [0.25, 0.3) is 0 Å². The van der Waals surface area contributed by atoms with Crippen LogP contribution >= 0.6 is 0 Å². The summed E-state index contributed by atoms with van der Waals surface area (Å²) < 4.78 is 21.4. The van der Waals surface area contributed by atoms with Crippen molar-refractivity contribution in [2.45, 2.75) is 4.90 Å². The van der Waals surface area contributed by atoms with Gasteiger partial charge in [0, 0.05) is 24.3 Å². The maximum absolute atomic E-state index is 10.7. The average molecular weight is 321 g/mol. The molecule has 2 aromatic heterocycles. The highest BCUT2D eigenvalue weighted by molar-refractivity contribution is 7.89. The molecule has 116 valence electrons. The first-order valence-electron chi connectivity index (χ1n) is 5.89. The van der Waals surface area contributed by atoms with Gasteiger partial charge in [-0.25, -0.2) is 23.5 Å². The normalized spacial score (nSPS) is 9.68. The van der Waals surface area contributed by atoms with E-state index in [0.29, 0.717) is 5.69 Å². The predicted octanol–water partition coefficient (Wildman–Crippen LogP) is 0.197. The van der Waals surface area contributed by atoms with Crippen molar-refractivity contribution in [1.29, 1.82) is 0 Å². The Balaban J connectivity index is 0.000000184. The Kier molecular flexibility index (Phi) is 7.16. The van der Waals surface area contributed by atoms with Crippen molar-refractivity contribution < 1.29 is 8.42 Å². The molecular formula is C12H15N7O2S. The Morgan fingerprint density at radius 1 is 1.00 bits per heavy atom. The highest BCUT2D eigenvalue weighted by Crippen LogP contribution is 2.08. The van der Waals surface area contributed by atoms with E-state index in [1.165, 1.54) is 30.6 Å². The van der Waals surface area contributed by atoms with Gasteiger partial charge in [0.1, 0.15) is 6.33 Å². The predicted molar refractivity (Wildman–Crippen MR) is 80.6 cm³/mol. The molecule has 0 unspecified atom stereocenters. The minimum atomic E-state index is -3.58. The lowest BCUT2D eigenvalue weighted by molar-refractivity contribution is 0.598. The summed E-state index contributed by atoms with van der Waals surface area (Å²) >= 11 is 0. The molecule has 3 aromatic rings. The summed E-state index contributed by atoms with van der Waals surface area (Å²) in [6.45, 7) is 0. The second kappa shape index (κ2) is 9.15. The second-order valence-electron chi connectivity index (χ2n) is 3.68. The first-order valence-corrected chi connectivity index (χ1v) is 7.43. The number of aromatic nitrogens is 5. The van der Waals surface area contributed by atoms with E-state index in [4.69, 9.17) is 10.9 Å². The third-order valence-corrected chi connectivity index (χ3v) is 2.95. The van der Waals surface area contributed by atoms with Gasteiger partial charge in [-0.15, -0.1) is 5.10 Å². The Morgan fingerprint density at radius 3 is 1.91 bits per heavy atom. The van der Waals surface area contributed by atoms with Crippen molar-refractivity contribution in [3.05, 3.63) is 61.4 Å². The van der Waals surface area contributed by atoms with Crippen LogP contribution in [0.4, 0.5) is 5.69 Å². The molecule has 10 heteroatoms. The van der Waals surface area contributed by atoms with E-state index in [0.717, 1.165) is 0 Å². The number of rotatable bonds is 1. The van der Waals surface area contributed by atoms with E-state index in [1.807, 2.05) is 0 Å². The summed E-state index contributed by atoms with van der Waals surface area (Å²) in [7, 11) is -3.58. The minimum absolute atomic E-state index is 0.0756. The number of nitrogens with two attached hydrogens (primary N) is 2. The van der Waals surface area contributed by atoms with Gasteiger partial charge >= 0.3 is 0 Å². The number of hydrogen-bond donors (Lipinski definition) is 3. The van der Waals surface area contributed by atoms with Crippen LogP contribution in [0, 0.1) is 0 Å². The molecule has 0 aliphatic carbocycles. The number of sulfonamides is 1. The molecular weight excluding hydrogens is 306 g/mol. The van der Waals surface area contributed by atoms with Gasteiger partial charge in [0.2, 0.25) is 10.0 Å². The van der Waals surface area contributed by atoms with Crippen molar-refractivity contribution in [2.75, 3.05) is 5.73 Å². The largest absolute Gasteiger partial charge is 0.399 e. The zero-order chi connectivity index (χ0) is 16.3. The third kappa shape index (κ3) is 7.67. The molecule has 1 aromatic carbocycles. The van der Waals surface area contributed by atoms with Crippen LogP contribution in [-0.2, 0) is 10.0 Å². The molecule has 2 heterocycles. The molecule has 0 aliphatic heterocycles. The number of benzene rings is 1. The van der Waals surface area contributed by atoms with Gasteiger partial charge in [0.05, 0.1) is 11.1 Å². The van der Waals surface area contributed by atoms with Crippen LogP contribution in [0.15, 0.2) is 66.3 Å². The van der Waals surface area contributed by atoms with Crippen molar-refractivity contribution in [2.24, 2.45) is 5.14 Å². The maximum atomic E-state index is 10.7. The molecule has 0 radical (unpaired) electrons. The summed E-state index contributed by atoms with van der Waals surface area (Å²) in [5, 5.41) is 14.1. The van der Waals surface area contributed by atoms with E-state index in [1.54, 1.807) is 30.9 Å². The van der Waals surface area contributed by atoms with Gasteiger partial charge in [0.15, 0.2) is 0 Å². The lowest BCUT2D eigenvalue weighted by Gasteiger charge is -1.96. The number of nitrogen functional groups attached to an aromatic ring is 1. The maximum Gasteiger partial charge on any atom is 0.238 e. The lowest BCUT2D eigenvalue weighted by atomic mass is 10.3. The zero-order valence-electron chi connectivity index (χ0n) is 11.4. The van der Waals surface area contributed by atoms with Crippen molar-refractivity contribution in [3.8, 4) is 0 Å². The lowest BCUT2D eigenvalue weighted by Crippen LogP contribution is -2.11. The van der Waals surface area contributed by atoms with Gasteiger partial charge in [-0.1, -0.05) is 5.21 Å². The zero-order valence-corrected chi connectivity index (χ0v) is 12.3. The first-order chi connectivity index (χ1) is 10.5. The number of nitrogens with one attached hydrogen (secondary N) is 1. The monoisotopic (exact) mass is 321 g/mol. The molecule has 0 saturated heterocycles. The topological polar surface area (TPSA) is 154 Å². The number of H-pyrrole nitrogens is 1. The fraction of sp³-hybridized carbons (Fsp3) is 0. The quantitative estimate of drug-likeness (QED) is 0.541. The number of nitrogens with zero attached hydrogens (tertiary/aromatic N) is 4. The number of anilines is 1. The molecule has 3 rings (SSSR count). The Morgan fingerprint density at radius 2 is 1.64 bits per heavy atom. The Bertz CT molecular complexity index is 672. The summed E-state index contributed by atoms with van der Waals surface area (Å²) in [5.74, 6) is 0. The van der Waals surface area contributed by atoms with Crippen LogP contribution in [0.2, 0.25) is 0 Å². The molecule has 0 spiro atoms. The van der Waals surface area contributed by atoms with Gasteiger partial charge in [-0.2, -0.15) is 0 Å². The van der Waals surface area contributed by atoms with Crippen molar-refractivity contribution in [3.63, 3.8) is 0 Å². The fourth-order valence-electron chi connectivity index (χ4n) is 1.08. The molecule has 22 heavy (non-hydrogen) atoms. The van der Waals surface area contributed by atoms with Crippen molar-refractivity contribution in [1.82, 2.24) is 25.4 Å².